The van der Waals surface area contributed by atoms with Gasteiger partial charge in [0.15, 0.2) is 6.29 Å². The highest BCUT2D eigenvalue weighted by atomic mass is 35.5. The van der Waals surface area contributed by atoms with Crippen molar-refractivity contribution in [2.45, 2.75) is 19.8 Å². The first kappa shape index (κ1) is 21.5. The lowest BCUT2D eigenvalue weighted by Gasteiger charge is -2.35. The molecule has 1 amide bonds. The number of nitrogens with zero attached hydrogens (tertiary/aromatic N) is 2. The number of amides is 1. The average molecular weight is 454 g/mol. The molecule has 1 fully saturated rings. The van der Waals surface area contributed by atoms with E-state index in [0.717, 1.165) is 54.2 Å². The molecule has 0 bridgehead atoms. The van der Waals surface area contributed by atoms with Crippen LogP contribution < -0.4 is 10.2 Å². The molecule has 160 valence electrons. The zero-order chi connectivity index (χ0) is 21.8. The van der Waals surface area contributed by atoms with Gasteiger partial charge in [-0.15, -0.1) is 11.3 Å². The molecular formula is C24H24ClN3O2S. The van der Waals surface area contributed by atoms with Crippen LogP contribution in [-0.2, 0) is 0 Å². The summed E-state index contributed by atoms with van der Waals surface area (Å²) in [5.41, 5.74) is 3.37. The summed E-state index contributed by atoms with van der Waals surface area (Å²) in [6.45, 7) is 4.21. The number of hydrogen-bond acceptors (Lipinski definition) is 5. The molecule has 2 heterocycles. The van der Waals surface area contributed by atoms with Crippen LogP contribution in [0.4, 0.5) is 5.69 Å². The van der Waals surface area contributed by atoms with Crippen molar-refractivity contribution in [3.05, 3.63) is 69.7 Å². The second-order valence-corrected chi connectivity index (χ2v) is 9.22. The Morgan fingerprint density at radius 1 is 1.26 bits per heavy atom. The smallest absolute Gasteiger partial charge is 0.263 e. The summed E-state index contributed by atoms with van der Waals surface area (Å²) >= 11 is 7.37. The first-order valence-electron chi connectivity index (χ1n) is 10.4. The monoisotopic (exact) mass is 453 g/mol. The molecule has 0 spiro atoms. The van der Waals surface area contributed by atoms with E-state index in [4.69, 9.17) is 11.6 Å². The van der Waals surface area contributed by atoms with E-state index >= 15 is 0 Å². The first-order chi connectivity index (χ1) is 15.0. The highest BCUT2D eigenvalue weighted by Gasteiger charge is 2.23. The number of benzene rings is 2. The molecule has 1 saturated heterocycles. The van der Waals surface area contributed by atoms with Crippen molar-refractivity contribution in [2.24, 2.45) is 5.92 Å². The van der Waals surface area contributed by atoms with Gasteiger partial charge >= 0.3 is 0 Å². The van der Waals surface area contributed by atoms with Gasteiger partial charge in [0.2, 0.25) is 0 Å². The Balaban J connectivity index is 1.39. The number of rotatable bonds is 6. The van der Waals surface area contributed by atoms with E-state index in [9.17, 15) is 9.59 Å². The largest absolute Gasteiger partial charge is 0.371 e. The third kappa shape index (κ3) is 4.97. The Morgan fingerprint density at radius 2 is 2.03 bits per heavy atom. The Labute approximate surface area is 191 Å². The van der Waals surface area contributed by atoms with Crippen molar-refractivity contribution < 1.29 is 9.59 Å². The van der Waals surface area contributed by atoms with Crippen LogP contribution in [0, 0.1) is 12.8 Å². The lowest BCUT2D eigenvalue weighted by molar-refractivity contribution is 0.0948. The topological polar surface area (TPSA) is 62.3 Å². The maximum absolute atomic E-state index is 12.8. The molecule has 1 aliphatic heterocycles. The summed E-state index contributed by atoms with van der Waals surface area (Å²) in [5, 5.41) is 4.59. The Kier molecular flexibility index (Phi) is 6.68. The zero-order valence-electron chi connectivity index (χ0n) is 17.3. The molecule has 0 saturated carbocycles. The fourth-order valence-corrected chi connectivity index (χ4v) is 5.08. The van der Waals surface area contributed by atoms with Gasteiger partial charge in [-0.25, -0.2) is 4.98 Å². The minimum Gasteiger partial charge on any atom is -0.371 e. The third-order valence-corrected chi connectivity index (χ3v) is 7.03. The fourth-order valence-electron chi connectivity index (χ4n) is 3.97. The van der Waals surface area contributed by atoms with Gasteiger partial charge in [0.05, 0.1) is 5.69 Å². The number of halogens is 1. The van der Waals surface area contributed by atoms with Crippen molar-refractivity contribution >= 4 is 40.8 Å². The molecule has 1 atom stereocenters. The predicted molar refractivity (Wildman–Crippen MR) is 126 cm³/mol. The van der Waals surface area contributed by atoms with Crippen molar-refractivity contribution in [1.29, 1.82) is 0 Å². The van der Waals surface area contributed by atoms with Gasteiger partial charge in [-0.3, -0.25) is 9.59 Å². The van der Waals surface area contributed by atoms with E-state index in [1.165, 1.54) is 11.3 Å². The molecule has 7 heteroatoms. The highest BCUT2D eigenvalue weighted by Crippen LogP contribution is 2.29. The first-order valence-corrected chi connectivity index (χ1v) is 11.6. The molecule has 3 aromatic rings. The highest BCUT2D eigenvalue weighted by molar-refractivity contribution is 7.17. The molecule has 31 heavy (non-hydrogen) atoms. The summed E-state index contributed by atoms with van der Waals surface area (Å²) in [6, 6.07) is 15.1. The van der Waals surface area contributed by atoms with E-state index in [1.54, 1.807) is 0 Å². The SMILES string of the molecule is Cc1nc(-c2ccc(Cl)cc2)sc1C(=O)NCC1CCCN(c2ccccc2C=O)C1. The number of hydrogen-bond donors (Lipinski definition) is 1. The van der Waals surface area contributed by atoms with E-state index in [-0.39, 0.29) is 5.91 Å². The summed E-state index contributed by atoms with van der Waals surface area (Å²) in [4.78, 5) is 31.7. The third-order valence-electron chi connectivity index (χ3n) is 5.57. The van der Waals surface area contributed by atoms with Gasteiger partial charge in [-0.1, -0.05) is 35.9 Å². The van der Waals surface area contributed by atoms with Gasteiger partial charge in [0.1, 0.15) is 9.88 Å². The maximum atomic E-state index is 12.8. The number of piperidine rings is 1. The number of carbonyl (C=O) groups excluding carboxylic acids is 2. The Hall–Kier alpha value is -2.70. The predicted octanol–water partition coefficient (Wildman–Crippen LogP) is 5.23. The summed E-state index contributed by atoms with van der Waals surface area (Å²) in [6.07, 6.45) is 3.00. The van der Waals surface area contributed by atoms with Crippen LogP contribution in [0.2, 0.25) is 5.02 Å². The molecule has 4 rings (SSSR count). The fraction of sp³-hybridized carbons (Fsp3) is 0.292. The van der Waals surface area contributed by atoms with Crippen LogP contribution in [0.5, 0.6) is 0 Å². The Bertz CT molecular complexity index is 1080. The molecule has 0 radical (unpaired) electrons. The van der Waals surface area contributed by atoms with Crippen LogP contribution in [0.15, 0.2) is 48.5 Å². The molecule has 0 aliphatic carbocycles. The van der Waals surface area contributed by atoms with Crippen molar-refractivity contribution in [3.8, 4) is 10.6 Å². The number of anilines is 1. The number of aromatic nitrogens is 1. The van der Waals surface area contributed by atoms with Crippen molar-refractivity contribution in [2.75, 3.05) is 24.5 Å². The molecular weight excluding hydrogens is 430 g/mol. The van der Waals surface area contributed by atoms with E-state index < -0.39 is 0 Å². The van der Waals surface area contributed by atoms with Crippen LogP contribution in [-0.4, -0.2) is 36.8 Å². The minimum absolute atomic E-state index is 0.0828. The van der Waals surface area contributed by atoms with E-state index in [0.29, 0.717) is 27.9 Å². The second kappa shape index (κ2) is 9.62. The molecule has 1 aromatic heterocycles. The lowest BCUT2D eigenvalue weighted by Crippen LogP contribution is -2.41. The molecule has 2 aromatic carbocycles. The van der Waals surface area contributed by atoms with Gasteiger partial charge in [0.25, 0.3) is 5.91 Å². The average Bonchev–Trinajstić information content (AvgIpc) is 3.19. The van der Waals surface area contributed by atoms with Gasteiger partial charge < -0.3 is 10.2 Å². The normalized spacial score (nSPS) is 16.2. The molecule has 1 N–H and O–H groups in total. The van der Waals surface area contributed by atoms with Crippen molar-refractivity contribution in [1.82, 2.24) is 10.3 Å². The number of thiazole rings is 1. The number of aldehydes is 1. The minimum atomic E-state index is -0.0828. The van der Waals surface area contributed by atoms with Gasteiger partial charge in [-0.05, 0) is 49.9 Å². The summed E-state index contributed by atoms with van der Waals surface area (Å²) < 4.78 is 0. The summed E-state index contributed by atoms with van der Waals surface area (Å²) in [7, 11) is 0. The van der Waals surface area contributed by atoms with Crippen LogP contribution in [0.1, 0.15) is 38.6 Å². The Morgan fingerprint density at radius 3 is 2.81 bits per heavy atom. The van der Waals surface area contributed by atoms with Gasteiger partial charge in [-0.2, -0.15) is 0 Å². The maximum Gasteiger partial charge on any atom is 0.263 e. The molecule has 1 aliphatic rings. The number of carbonyl (C=O) groups is 2. The zero-order valence-corrected chi connectivity index (χ0v) is 18.9. The number of aryl methyl sites for hydroxylation is 1. The van der Waals surface area contributed by atoms with E-state index in [2.05, 4.69) is 15.2 Å². The summed E-state index contributed by atoms with van der Waals surface area (Å²) in [5.74, 6) is 0.252. The van der Waals surface area contributed by atoms with Crippen LogP contribution in [0.25, 0.3) is 10.6 Å². The van der Waals surface area contributed by atoms with Crippen molar-refractivity contribution in [3.63, 3.8) is 0 Å². The standard InChI is InChI=1S/C24H24ClN3O2S/c1-16-22(31-24(27-16)18-8-10-20(25)11-9-18)23(30)26-13-17-5-4-12-28(14-17)21-7-3-2-6-19(21)15-29/h2-3,6-11,15,17H,4-5,12-14H2,1H3,(H,26,30). The quantitative estimate of drug-likeness (QED) is 0.519. The molecule has 1 unspecified atom stereocenters. The number of nitrogens with one attached hydrogen (secondary N) is 1. The second-order valence-electron chi connectivity index (χ2n) is 7.78. The van der Waals surface area contributed by atoms with Gasteiger partial charge in [0, 0.05) is 41.5 Å². The number of para-hydroxylation sites is 1. The molecule has 5 nitrogen and oxygen atoms in total. The van der Waals surface area contributed by atoms with Crippen LogP contribution >= 0.6 is 22.9 Å². The van der Waals surface area contributed by atoms with Crippen LogP contribution in [0.3, 0.4) is 0 Å². The lowest BCUT2D eigenvalue weighted by atomic mass is 9.96. The van der Waals surface area contributed by atoms with E-state index in [1.807, 2.05) is 55.5 Å².